The number of sulfonamides is 1. The van der Waals surface area contributed by atoms with Gasteiger partial charge in [0, 0.05) is 12.1 Å². The highest BCUT2D eigenvalue weighted by Gasteiger charge is 2.27. The number of hydrogen-bond donors (Lipinski definition) is 5. The second-order valence-corrected chi connectivity index (χ2v) is 10.7. The molecule has 2 amide bonds. The predicted octanol–water partition coefficient (Wildman–Crippen LogP) is 1.72. The molecule has 11 heteroatoms. The van der Waals surface area contributed by atoms with Crippen LogP contribution in [0, 0.1) is 5.41 Å². The number of carbonyl (C=O) groups excluding carboxylic acids is 2. The van der Waals surface area contributed by atoms with E-state index in [1.165, 1.54) is 0 Å². The second kappa shape index (κ2) is 13.9. The molecule has 0 unspecified atom stereocenters. The van der Waals surface area contributed by atoms with E-state index in [4.69, 9.17) is 11.1 Å². The van der Waals surface area contributed by atoms with Crippen LogP contribution in [-0.4, -0.2) is 50.2 Å². The van der Waals surface area contributed by atoms with Crippen LogP contribution in [0.15, 0.2) is 54.6 Å². The number of thioether (sulfide) groups is 1. The molecule has 0 aromatic heterocycles. The van der Waals surface area contributed by atoms with Gasteiger partial charge in [-0.25, -0.2) is 13.1 Å². The fourth-order valence-electron chi connectivity index (χ4n) is 3.27. The molecule has 0 aliphatic heterocycles. The van der Waals surface area contributed by atoms with Gasteiger partial charge in [-0.3, -0.25) is 15.0 Å². The van der Waals surface area contributed by atoms with Gasteiger partial charge in [-0.2, -0.15) is 11.8 Å². The SMILES string of the molecule is CC[C@@H](NS(=O)(=O)Cc1ccccc1)C(=O)N[C@@H](CCSC)C(=O)NCc1ccc(C(=N)N)cc1. The van der Waals surface area contributed by atoms with Crippen LogP contribution in [0.5, 0.6) is 0 Å². The maximum absolute atomic E-state index is 12.9. The molecule has 0 fully saturated rings. The fourth-order valence-corrected chi connectivity index (χ4v) is 5.16. The van der Waals surface area contributed by atoms with E-state index in [2.05, 4.69) is 15.4 Å². The van der Waals surface area contributed by atoms with Crippen LogP contribution >= 0.6 is 11.8 Å². The van der Waals surface area contributed by atoms with E-state index in [9.17, 15) is 18.0 Å². The summed E-state index contributed by atoms with van der Waals surface area (Å²) in [7, 11) is -3.76. The number of amides is 2. The van der Waals surface area contributed by atoms with Crippen molar-refractivity contribution in [2.75, 3.05) is 12.0 Å². The van der Waals surface area contributed by atoms with Crippen LogP contribution in [0.4, 0.5) is 0 Å². The van der Waals surface area contributed by atoms with Crippen molar-refractivity contribution in [3.05, 3.63) is 71.3 Å². The first kappa shape index (κ1) is 28.3. The molecule has 0 aliphatic carbocycles. The lowest BCUT2D eigenvalue weighted by molar-refractivity contribution is -0.130. The Morgan fingerprint density at radius 3 is 2.23 bits per heavy atom. The lowest BCUT2D eigenvalue weighted by Gasteiger charge is -2.22. The third kappa shape index (κ3) is 9.71. The summed E-state index contributed by atoms with van der Waals surface area (Å²) in [5, 5.41) is 13.0. The highest BCUT2D eigenvalue weighted by Crippen LogP contribution is 2.08. The summed E-state index contributed by atoms with van der Waals surface area (Å²) in [6.07, 6.45) is 2.54. The number of nitrogen functional groups attached to an aromatic ring is 1. The Labute approximate surface area is 211 Å². The minimum atomic E-state index is -3.76. The largest absolute Gasteiger partial charge is 0.384 e. The van der Waals surface area contributed by atoms with Crippen molar-refractivity contribution in [1.29, 1.82) is 5.41 Å². The number of hydrogen-bond acceptors (Lipinski definition) is 6. The zero-order valence-electron chi connectivity index (χ0n) is 19.9. The van der Waals surface area contributed by atoms with Crippen LogP contribution < -0.4 is 21.1 Å². The number of rotatable bonds is 14. The normalized spacial score (nSPS) is 13.0. The number of nitrogens with one attached hydrogen (secondary N) is 4. The first-order chi connectivity index (χ1) is 16.6. The minimum absolute atomic E-state index is 0.0368. The topological polar surface area (TPSA) is 154 Å². The van der Waals surface area contributed by atoms with Gasteiger partial charge < -0.3 is 16.4 Å². The van der Waals surface area contributed by atoms with Crippen molar-refractivity contribution in [2.24, 2.45) is 5.73 Å². The lowest BCUT2D eigenvalue weighted by atomic mass is 10.1. The van der Waals surface area contributed by atoms with Crippen molar-refractivity contribution in [1.82, 2.24) is 15.4 Å². The van der Waals surface area contributed by atoms with Gasteiger partial charge in [0.2, 0.25) is 21.8 Å². The number of benzene rings is 2. The van der Waals surface area contributed by atoms with Gasteiger partial charge >= 0.3 is 0 Å². The summed E-state index contributed by atoms with van der Waals surface area (Å²) < 4.78 is 27.7. The molecule has 2 rings (SSSR count). The van der Waals surface area contributed by atoms with E-state index in [1.807, 2.05) is 6.26 Å². The third-order valence-corrected chi connectivity index (χ3v) is 7.22. The predicted molar refractivity (Wildman–Crippen MR) is 141 cm³/mol. The molecule has 2 aromatic rings. The molecule has 0 radical (unpaired) electrons. The summed E-state index contributed by atoms with van der Waals surface area (Å²) in [4.78, 5) is 25.7. The van der Waals surface area contributed by atoms with Gasteiger partial charge in [-0.15, -0.1) is 0 Å². The first-order valence-electron chi connectivity index (χ1n) is 11.2. The van der Waals surface area contributed by atoms with E-state index in [0.717, 1.165) is 5.56 Å². The highest BCUT2D eigenvalue weighted by molar-refractivity contribution is 7.98. The Bertz CT molecular complexity index is 1090. The average Bonchev–Trinajstić information content (AvgIpc) is 2.84. The van der Waals surface area contributed by atoms with Gasteiger partial charge in [0.1, 0.15) is 17.9 Å². The van der Waals surface area contributed by atoms with Crippen LogP contribution in [0.1, 0.15) is 36.5 Å². The van der Waals surface area contributed by atoms with Gasteiger partial charge in [0.15, 0.2) is 0 Å². The van der Waals surface area contributed by atoms with E-state index < -0.39 is 28.0 Å². The monoisotopic (exact) mass is 519 g/mol. The molecule has 0 heterocycles. The minimum Gasteiger partial charge on any atom is -0.384 e. The zero-order chi connectivity index (χ0) is 25.8. The molecule has 6 N–H and O–H groups in total. The van der Waals surface area contributed by atoms with Gasteiger partial charge in [-0.1, -0.05) is 61.5 Å². The van der Waals surface area contributed by atoms with Crippen LogP contribution in [-0.2, 0) is 31.9 Å². The lowest BCUT2D eigenvalue weighted by Crippen LogP contribution is -2.53. The molecule has 2 atom stereocenters. The summed E-state index contributed by atoms with van der Waals surface area (Å²) in [6.45, 7) is 1.94. The molecular weight excluding hydrogens is 486 g/mol. The Balaban J connectivity index is 2.00. The standard InChI is InChI=1S/C24H33N5O4S2/c1-3-20(29-35(32,33)16-18-7-5-4-6-8-18)24(31)28-21(13-14-34-2)23(30)27-15-17-9-11-19(12-10-17)22(25)26/h4-12,20-21,29H,3,13-16H2,1-2H3,(H3,25,26)(H,27,30)(H,28,31)/t20-,21+/m1/s1. The molecule has 35 heavy (non-hydrogen) atoms. The van der Waals surface area contributed by atoms with Crippen molar-refractivity contribution in [3.8, 4) is 0 Å². The molecule has 0 aliphatic rings. The Morgan fingerprint density at radius 2 is 1.66 bits per heavy atom. The van der Waals surface area contributed by atoms with Gasteiger partial charge in [-0.05, 0) is 36.0 Å². The Morgan fingerprint density at radius 1 is 1.00 bits per heavy atom. The van der Waals surface area contributed by atoms with Crippen LogP contribution in [0.25, 0.3) is 0 Å². The van der Waals surface area contributed by atoms with Crippen molar-refractivity contribution < 1.29 is 18.0 Å². The van der Waals surface area contributed by atoms with Crippen LogP contribution in [0.2, 0.25) is 0 Å². The molecule has 9 nitrogen and oxygen atoms in total. The number of nitrogens with two attached hydrogens (primary N) is 1. The van der Waals surface area contributed by atoms with Crippen molar-refractivity contribution in [3.63, 3.8) is 0 Å². The molecule has 190 valence electrons. The van der Waals surface area contributed by atoms with E-state index in [-0.39, 0.29) is 30.5 Å². The van der Waals surface area contributed by atoms with Gasteiger partial charge in [0.05, 0.1) is 5.75 Å². The summed E-state index contributed by atoms with van der Waals surface area (Å²) >= 11 is 1.54. The zero-order valence-corrected chi connectivity index (χ0v) is 21.5. The molecule has 0 spiro atoms. The molecule has 0 saturated carbocycles. The Hall–Kier alpha value is -2.89. The van der Waals surface area contributed by atoms with Crippen molar-refractivity contribution in [2.45, 2.75) is 44.1 Å². The second-order valence-electron chi connectivity index (χ2n) is 7.99. The highest BCUT2D eigenvalue weighted by atomic mass is 32.2. The fraction of sp³-hybridized carbons (Fsp3) is 0.375. The van der Waals surface area contributed by atoms with Gasteiger partial charge in [0.25, 0.3) is 0 Å². The van der Waals surface area contributed by atoms with Crippen LogP contribution in [0.3, 0.4) is 0 Å². The summed E-state index contributed by atoms with van der Waals surface area (Å²) in [5.74, 6) is -0.537. The molecule has 0 bridgehead atoms. The van der Waals surface area contributed by atoms with Crippen molar-refractivity contribution >= 4 is 39.4 Å². The molecule has 2 aromatic carbocycles. The maximum atomic E-state index is 12.9. The Kier molecular flexibility index (Phi) is 11.2. The summed E-state index contributed by atoms with van der Waals surface area (Å²) in [5.41, 5.74) is 7.48. The first-order valence-corrected chi connectivity index (χ1v) is 14.2. The maximum Gasteiger partial charge on any atom is 0.242 e. The quantitative estimate of drug-likeness (QED) is 0.189. The number of amidine groups is 1. The summed E-state index contributed by atoms with van der Waals surface area (Å²) in [6, 6.07) is 13.8. The number of carbonyl (C=O) groups is 2. The van der Waals surface area contributed by atoms with E-state index >= 15 is 0 Å². The molecule has 0 saturated heterocycles. The average molecular weight is 520 g/mol. The van der Waals surface area contributed by atoms with E-state index in [0.29, 0.717) is 23.3 Å². The van der Waals surface area contributed by atoms with E-state index in [1.54, 1.807) is 73.3 Å². The smallest absolute Gasteiger partial charge is 0.242 e. The molecular formula is C24H33N5O4S2. The third-order valence-electron chi connectivity index (χ3n) is 5.22.